The summed E-state index contributed by atoms with van der Waals surface area (Å²) in [5.41, 5.74) is 8.82. The zero-order valence-electron chi connectivity index (χ0n) is 12.1. The molecule has 0 aliphatic carbocycles. The van der Waals surface area contributed by atoms with Crippen LogP contribution in [0.15, 0.2) is 54.6 Å². The summed E-state index contributed by atoms with van der Waals surface area (Å²) < 4.78 is 6.08. The average Bonchev–Trinajstić information content (AvgIpc) is 2.46. The van der Waals surface area contributed by atoms with Gasteiger partial charge in [0, 0.05) is 12.2 Å². The number of ether oxygens (including phenoxy) is 1. The van der Waals surface area contributed by atoms with Gasteiger partial charge >= 0.3 is 0 Å². The molecule has 1 atom stereocenters. The molecular weight excluding hydrogens is 248 g/mol. The molecule has 106 valence electrons. The van der Waals surface area contributed by atoms with Gasteiger partial charge in [-0.05, 0) is 37.4 Å². The van der Waals surface area contributed by atoms with Crippen molar-refractivity contribution >= 4 is 5.69 Å². The maximum atomic E-state index is 6.08. The van der Waals surface area contributed by atoms with Gasteiger partial charge in [0.05, 0.1) is 6.61 Å². The van der Waals surface area contributed by atoms with Crippen LogP contribution in [-0.2, 0) is 4.74 Å². The summed E-state index contributed by atoms with van der Waals surface area (Å²) in [4.78, 5) is 2.12. The maximum absolute atomic E-state index is 6.08. The summed E-state index contributed by atoms with van der Waals surface area (Å²) in [7, 11) is 4.09. The summed E-state index contributed by atoms with van der Waals surface area (Å²) in [6.07, 6.45) is -0.0447. The van der Waals surface area contributed by atoms with Gasteiger partial charge in [-0.1, -0.05) is 42.5 Å². The summed E-state index contributed by atoms with van der Waals surface area (Å²) in [6, 6.07) is 18.2. The van der Waals surface area contributed by atoms with Crippen LogP contribution < -0.4 is 5.73 Å². The second-order valence-corrected chi connectivity index (χ2v) is 5.13. The van der Waals surface area contributed by atoms with Crippen LogP contribution >= 0.6 is 0 Å². The zero-order chi connectivity index (χ0) is 14.4. The van der Waals surface area contributed by atoms with E-state index in [4.69, 9.17) is 10.5 Å². The highest BCUT2D eigenvalue weighted by atomic mass is 16.5. The van der Waals surface area contributed by atoms with Crippen molar-refractivity contribution in [3.8, 4) is 0 Å². The van der Waals surface area contributed by atoms with Gasteiger partial charge in [0.2, 0.25) is 0 Å². The van der Waals surface area contributed by atoms with E-state index in [-0.39, 0.29) is 6.10 Å². The minimum absolute atomic E-state index is 0.0447. The van der Waals surface area contributed by atoms with E-state index in [2.05, 4.69) is 17.0 Å². The molecule has 2 N–H and O–H groups in total. The van der Waals surface area contributed by atoms with Crippen LogP contribution in [0.2, 0.25) is 0 Å². The highest BCUT2D eigenvalue weighted by Crippen LogP contribution is 2.26. The van der Waals surface area contributed by atoms with Crippen LogP contribution in [0.5, 0.6) is 0 Å². The van der Waals surface area contributed by atoms with Gasteiger partial charge in [-0.3, -0.25) is 0 Å². The first kappa shape index (κ1) is 14.6. The van der Waals surface area contributed by atoms with Gasteiger partial charge in [-0.2, -0.15) is 0 Å². The highest BCUT2D eigenvalue weighted by Gasteiger charge is 2.14. The number of benzene rings is 2. The normalized spacial score (nSPS) is 12.6. The number of nitrogens with two attached hydrogens (primary N) is 1. The van der Waals surface area contributed by atoms with E-state index in [0.717, 1.165) is 23.4 Å². The number of likely N-dealkylation sites (N-methyl/N-ethyl adjacent to an activating group) is 1. The quantitative estimate of drug-likeness (QED) is 0.820. The summed E-state index contributed by atoms with van der Waals surface area (Å²) in [5, 5.41) is 0. The molecular formula is C17H22N2O. The summed E-state index contributed by atoms with van der Waals surface area (Å²) in [6.45, 7) is 1.59. The van der Waals surface area contributed by atoms with Gasteiger partial charge < -0.3 is 15.4 Å². The second-order valence-electron chi connectivity index (χ2n) is 5.13. The second kappa shape index (κ2) is 7.08. The van der Waals surface area contributed by atoms with E-state index in [0.29, 0.717) is 6.61 Å². The van der Waals surface area contributed by atoms with Crippen molar-refractivity contribution in [3.63, 3.8) is 0 Å². The molecule has 0 radical (unpaired) electrons. The van der Waals surface area contributed by atoms with Crippen LogP contribution in [0, 0.1) is 0 Å². The van der Waals surface area contributed by atoms with E-state index in [1.165, 1.54) is 0 Å². The molecule has 0 saturated carbocycles. The minimum Gasteiger partial charge on any atom is -0.399 e. The SMILES string of the molecule is CN(C)CCO[C@@H](c1ccccc1)c1ccc(N)cc1. The number of hydrogen-bond acceptors (Lipinski definition) is 3. The highest BCUT2D eigenvalue weighted by molar-refractivity contribution is 5.41. The largest absolute Gasteiger partial charge is 0.399 e. The van der Waals surface area contributed by atoms with Crippen molar-refractivity contribution < 1.29 is 4.74 Å². The lowest BCUT2D eigenvalue weighted by atomic mass is 10.0. The summed E-state index contributed by atoms with van der Waals surface area (Å²) >= 11 is 0. The number of rotatable bonds is 6. The Kier molecular flexibility index (Phi) is 5.16. The average molecular weight is 270 g/mol. The maximum Gasteiger partial charge on any atom is 0.108 e. The van der Waals surface area contributed by atoms with Crippen LogP contribution in [0.25, 0.3) is 0 Å². The standard InChI is InChI=1S/C17H22N2O/c1-19(2)12-13-20-17(14-6-4-3-5-7-14)15-8-10-16(18)11-9-15/h3-11,17H,12-13,18H2,1-2H3/t17-/m0/s1. The molecule has 0 fully saturated rings. The lowest BCUT2D eigenvalue weighted by Gasteiger charge is -2.20. The Morgan fingerprint density at radius 3 is 2.15 bits per heavy atom. The molecule has 0 bridgehead atoms. The van der Waals surface area contributed by atoms with Gasteiger partial charge in [0.25, 0.3) is 0 Å². The van der Waals surface area contributed by atoms with E-state index < -0.39 is 0 Å². The Labute approximate surface area is 121 Å². The van der Waals surface area contributed by atoms with Crippen LogP contribution in [0.3, 0.4) is 0 Å². The fourth-order valence-corrected chi connectivity index (χ4v) is 2.04. The van der Waals surface area contributed by atoms with Crippen molar-refractivity contribution in [2.45, 2.75) is 6.10 Å². The van der Waals surface area contributed by atoms with E-state index in [1.807, 2.05) is 56.6 Å². The lowest BCUT2D eigenvalue weighted by Crippen LogP contribution is -2.20. The Morgan fingerprint density at radius 1 is 0.950 bits per heavy atom. The molecule has 3 nitrogen and oxygen atoms in total. The molecule has 0 spiro atoms. The Hall–Kier alpha value is -1.84. The zero-order valence-corrected chi connectivity index (χ0v) is 12.1. The van der Waals surface area contributed by atoms with Gasteiger partial charge in [0.1, 0.15) is 6.10 Å². The van der Waals surface area contributed by atoms with Crippen molar-refractivity contribution in [3.05, 3.63) is 65.7 Å². The van der Waals surface area contributed by atoms with Crippen LogP contribution in [-0.4, -0.2) is 32.1 Å². The van der Waals surface area contributed by atoms with Crippen LogP contribution in [0.1, 0.15) is 17.2 Å². The molecule has 0 amide bonds. The first-order valence-electron chi connectivity index (χ1n) is 6.83. The van der Waals surface area contributed by atoms with Crippen molar-refractivity contribution in [2.24, 2.45) is 0 Å². The molecule has 0 aliphatic heterocycles. The molecule has 20 heavy (non-hydrogen) atoms. The molecule has 0 saturated heterocycles. The molecule has 2 rings (SSSR count). The topological polar surface area (TPSA) is 38.5 Å². The molecule has 0 aliphatic rings. The third-order valence-electron chi connectivity index (χ3n) is 3.16. The number of anilines is 1. The van der Waals surface area contributed by atoms with E-state index in [9.17, 15) is 0 Å². The predicted molar refractivity (Wildman–Crippen MR) is 83.6 cm³/mol. The number of nitrogen functional groups attached to an aromatic ring is 1. The lowest BCUT2D eigenvalue weighted by molar-refractivity contribution is 0.0687. The smallest absolute Gasteiger partial charge is 0.108 e. The minimum atomic E-state index is -0.0447. The monoisotopic (exact) mass is 270 g/mol. The number of nitrogens with zero attached hydrogens (tertiary/aromatic N) is 1. The fraction of sp³-hybridized carbons (Fsp3) is 0.294. The number of hydrogen-bond donors (Lipinski definition) is 1. The Morgan fingerprint density at radius 2 is 1.55 bits per heavy atom. The summed E-state index contributed by atoms with van der Waals surface area (Å²) in [5.74, 6) is 0. The molecule has 3 heteroatoms. The van der Waals surface area contributed by atoms with Crippen molar-refractivity contribution in [2.75, 3.05) is 33.0 Å². The molecule has 2 aromatic carbocycles. The van der Waals surface area contributed by atoms with Crippen molar-refractivity contribution in [1.82, 2.24) is 4.90 Å². The molecule has 2 aromatic rings. The first-order valence-corrected chi connectivity index (χ1v) is 6.83. The van der Waals surface area contributed by atoms with Gasteiger partial charge in [0.15, 0.2) is 0 Å². The predicted octanol–water partition coefficient (Wildman–Crippen LogP) is 2.94. The van der Waals surface area contributed by atoms with Gasteiger partial charge in [-0.25, -0.2) is 0 Å². The Balaban J connectivity index is 2.18. The van der Waals surface area contributed by atoms with Crippen molar-refractivity contribution in [1.29, 1.82) is 0 Å². The van der Waals surface area contributed by atoms with Crippen LogP contribution in [0.4, 0.5) is 5.69 Å². The molecule has 0 heterocycles. The fourth-order valence-electron chi connectivity index (χ4n) is 2.04. The van der Waals surface area contributed by atoms with E-state index in [1.54, 1.807) is 0 Å². The first-order chi connectivity index (χ1) is 9.66. The third-order valence-corrected chi connectivity index (χ3v) is 3.16. The van der Waals surface area contributed by atoms with Gasteiger partial charge in [-0.15, -0.1) is 0 Å². The third kappa shape index (κ3) is 4.08. The Bertz CT molecular complexity index is 508. The van der Waals surface area contributed by atoms with E-state index >= 15 is 0 Å². The molecule has 0 unspecified atom stereocenters. The molecule has 0 aromatic heterocycles.